The molecule has 0 bridgehead atoms. The summed E-state index contributed by atoms with van der Waals surface area (Å²) in [5, 5.41) is 3.15. The van der Waals surface area contributed by atoms with Gasteiger partial charge in [-0.2, -0.15) is 0 Å². The third kappa shape index (κ3) is 3.96. The van der Waals surface area contributed by atoms with Crippen LogP contribution in [0.4, 0.5) is 0 Å². The minimum atomic E-state index is 0.310. The zero-order valence-corrected chi connectivity index (χ0v) is 13.9. The summed E-state index contributed by atoms with van der Waals surface area (Å²) in [6.45, 7) is 3.64. The predicted molar refractivity (Wildman–Crippen MR) is 94.6 cm³/mol. The van der Waals surface area contributed by atoms with Gasteiger partial charge in [-0.15, -0.1) is 11.3 Å². The van der Waals surface area contributed by atoms with Crippen molar-refractivity contribution >= 4 is 27.2 Å². The molecular weight excluding hydrogens is 290 g/mol. The van der Waals surface area contributed by atoms with Gasteiger partial charge < -0.3 is 4.90 Å². The summed E-state index contributed by atoms with van der Waals surface area (Å²) in [7, 11) is 0. The Morgan fingerprint density at radius 2 is 1.91 bits per heavy atom. The SMILES string of the molecule is O=C(CCCCCN1CC[CH]CC1)c1csc2ccccc12. The maximum atomic E-state index is 12.4. The minimum absolute atomic E-state index is 0.310. The molecule has 1 aliphatic heterocycles. The predicted octanol–water partition coefficient (Wildman–Crippen LogP) is 4.94. The normalized spacial score (nSPS) is 16.2. The van der Waals surface area contributed by atoms with E-state index in [0.29, 0.717) is 12.2 Å². The molecule has 0 N–H and O–H groups in total. The highest BCUT2D eigenvalue weighted by molar-refractivity contribution is 7.17. The lowest BCUT2D eigenvalue weighted by molar-refractivity contribution is 0.0980. The van der Waals surface area contributed by atoms with Crippen molar-refractivity contribution in [3.8, 4) is 0 Å². The Morgan fingerprint density at radius 1 is 1.09 bits per heavy atom. The maximum Gasteiger partial charge on any atom is 0.164 e. The molecule has 1 saturated heterocycles. The van der Waals surface area contributed by atoms with Gasteiger partial charge in [-0.25, -0.2) is 0 Å². The van der Waals surface area contributed by atoms with Crippen molar-refractivity contribution in [1.82, 2.24) is 4.90 Å². The number of rotatable bonds is 7. The Hall–Kier alpha value is -1.19. The van der Waals surface area contributed by atoms with Gasteiger partial charge in [0.25, 0.3) is 0 Å². The fourth-order valence-corrected chi connectivity index (χ4v) is 4.12. The molecule has 0 saturated carbocycles. The van der Waals surface area contributed by atoms with Crippen LogP contribution in [0.3, 0.4) is 0 Å². The summed E-state index contributed by atoms with van der Waals surface area (Å²) in [5.41, 5.74) is 0.923. The Morgan fingerprint density at radius 3 is 2.77 bits per heavy atom. The molecule has 2 aromatic rings. The number of benzene rings is 1. The highest BCUT2D eigenvalue weighted by atomic mass is 32.1. The quantitative estimate of drug-likeness (QED) is 0.532. The van der Waals surface area contributed by atoms with E-state index in [0.717, 1.165) is 23.8 Å². The number of carbonyl (C=O) groups excluding carboxylic acids is 1. The fraction of sp³-hybridized carbons (Fsp3) is 0.474. The Balaban J connectivity index is 1.41. The Bertz CT molecular complexity index is 613. The van der Waals surface area contributed by atoms with E-state index < -0.39 is 0 Å². The fourth-order valence-electron chi connectivity index (χ4n) is 3.15. The average molecular weight is 314 g/mol. The lowest BCUT2D eigenvalue weighted by Crippen LogP contribution is -2.30. The van der Waals surface area contributed by atoms with Crippen LogP contribution in [0.15, 0.2) is 29.6 Å². The van der Waals surface area contributed by atoms with Gasteiger partial charge in [-0.05, 0) is 57.8 Å². The van der Waals surface area contributed by atoms with E-state index in [4.69, 9.17) is 0 Å². The summed E-state index contributed by atoms with van der Waals surface area (Å²) in [4.78, 5) is 14.9. The van der Waals surface area contributed by atoms with E-state index >= 15 is 0 Å². The number of unbranched alkanes of at least 4 members (excludes halogenated alkanes) is 2. The van der Waals surface area contributed by atoms with Crippen LogP contribution in [0.1, 0.15) is 48.9 Å². The number of carbonyl (C=O) groups is 1. The van der Waals surface area contributed by atoms with Crippen LogP contribution in [0.25, 0.3) is 10.1 Å². The molecule has 0 aliphatic carbocycles. The van der Waals surface area contributed by atoms with Crippen LogP contribution in [0.5, 0.6) is 0 Å². The molecule has 1 radical (unpaired) electrons. The van der Waals surface area contributed by atoms with Crippen LogP contribution in [0.2, 0.25) is 0 Å². The van der Waals surface area contributed by atoms with Crippen molar-refractivity contribution in [2.24, 2.45) is 0 Å². The lowest BCUT2D eigenvalue weighted by Gasteiger charge is -2.26. The number of ketones is 1. The van der Waals surface area contributed by atoms with Crippen LogP contribution < -0.4 is 0 Å². The van der Waals surface area contributed by atoms with E-state index in [1.54, 1.807) is 11.3 Å². The number of Topliss-reactive ketones (excluding diaryl/α,β-unsaturated/α-hetero) is 1. The van der Waals surface area contributed by atoms with Gasteiger partial charge in [0, 0.05) is 27.5 Å². The third-order valence-corrected chi connectivity index (χ3v) is 5.42. The van der Waals surface area contributed by atoms with Gasteiger partial charge in [0.1, 0.15) is 0 Å². The lowest BCUT2D eigenvalue weighted by atomic mass is 10.0. The molecule has 1 aliphatic rings. The molecule has 117 valence electrons. The van der Waals surface area contributed by atoms with Crippen LogP contribution in [-0.2, 0) is 0 Å². The van der Waals surface area contributed by atoms with E-state index in [-0.39, 0.29) is 0 Å². The largest absolute Gasteiger partial charge is 0.303 e. The third-order valence-electron chi connectivity index (χ3n) is 4.46. The molecule has 0 atom stereocenters. The standard InChI is InChI=1S/C19H24NOS/c21-18(17-15-22-19-11-5-4-9-16(17)19)10-3-1-6-12-20-13-7-2-8-14-20/h2,4-5,9,11,15H,1,3,6-8,10,12-14H2. The molecular formula is C19H24NOS. The van der Waals surface area contributed by atoms with Crippen LogP contribution in [-0.4, -0.2) is 30.3 Å². The number of likely N-dealkylation sites (tertiary alicyclic amines) is 1. The number of hydrogen-bond acceptors (Lipinski definition) is 3. The zero-order valence-electron chi connectivity index (χ0n) is 13.1. The molecule has 3 rings (SSSR count). The van der Waals surface area contributed by atoms with Gasteiger partial charge in [0.15, 0.2) is 5.78 Å². The maximum absolute atomic E-state index is 12.4. The van der Waals surface area contributed by atoms with Gasteiger partial charge in [0.2, 0.25) is 0 Å². The van der Waals surface area contributed by atoms with E-state index in [1.165, 1.54) is 43.6 Å². The molecule has 0 unspecified atom stereocenters. The Kier molecular flexibility index (Phi) is 5.63. The summed E-state index contributed by atoms with van der Waals surface area (Å²) >= 11 is 1.67. The smallest absolute Gasteiger partial charge is 0.164 e. The second-order valence-electron chi connectivity index (χ2n) is 6.09. The molecule has 1 aromatic carbocycles. The average Bonchev–Trinajstić information content (AvgIpc) is 2.99. The van der Waals surface area contributed by atoms with Crippen molar-refractivity contribution in [2.75, 3.05) is 19.6 Å². The van der Waals surface area contributed by atoms with Gasteiger partial charge in [0.05, 0.1) is 0 Å². The number of piperidine rings is 1. The van der Waals surface area contributed by atoms with Crippen LogP contribution in [0, 0.1) is 6.42 Å². The summed E-state index contributed by atoms with van der Waals surface area (Å²) in [6.07, 6.45) is 8.96. The number of thiophene rings is 1. The number of nitrogens with zero attached hydrogens (tertiary/aromatic N) is 1. The van der Waals surface area contributed by atoms with Gasteiger partial charge >= 0.3 is 0 Å². The molecule has 3 heteroatoms. The molecule has 2 heterocycles. The highest BCUT2D eigenvalue weighted by Gasteiger charge is 2.12. The van der Waals surface area contributed by atoms with Crippen molar-refractivity contribution in [2.45, 2.75) is 38.5 Å². The monoisotopic (exact) mass is 314 g/mol. The minimum Gasteiger partial charge on any atom is -0.303 e. The summed E-state index contributed by atoms with van der Waals surface area (Å²) in [6, 6.07) is 8.20. The first-order valence-corrected chi connectivity index (χ1v) is 9.26. The van der Waals surface area contributed by atoms with E-state index in [1.807, 2.05) is 17.5 Å². The number of fused-ring (bicyclic) bond motifs is 1. The molecule has 2 nitrogen and oxygen atoms in total. The first kappa shape index (κ1) is 15.7. The van der Waals surface area contributed by atoms with E-state index in [2.05, 4.69) is 23.5 Å². The highest BCUT2D eigenvalue weighted by Crippen LogP contribution is 2.27. The second-order valence-corrected chi connectivity index (χ2v) is 7.00. The van der Waals surface area contributed by atoms with Crippen molar-refractivity contribution in [3.63, 3.8) is 0 Å². The molecule has 0 amide bonds. The van der Waals surface area contributed by atoms with Gasteiger partial charge in [-0.3, -0.25) is 4.79 Å². The van der Waals surface area contributed by atoms with Crippen LogP contribution >= 0.6 is 11.3 Å². The first-order valence-electron chi connectivity index (χ1n) is 8.38. The summed E-state index contributed by atoms with van der Waals surface area (Å²) in [5.74, 6) is 0.310. The van der Waals surface area contributed by atoms with Gasteiger partial charge in [-0.1, -0.05) is 24.6 Å². The number of hydrogen-bond donors (Lipinski definition) is 0. The molecule has 1 aromatic heterocycles. The van der Waals surface area contributed by atoms with Crippen molar-refractivity contribution in [1.29, 1.82) is 0 Å². The molecule has 22 heavy (non-hydrogen) atoms. The second kappa shape index (κ2) is 7.89. The Labute approximate surface area is 137 Å². The molecule has 0 spiro atoms. The molecule has 1 fully saturated rings. The van der Waals surface area contributed by atoms with Crippen molar-refractivity contribution in [3.05, 3.63) is 41.6 Å². The van der Waals surface area contributed by atoms with Crippen molar-refractivity contribution < 1.29 is 4.79 Å². The topological polar surface area (TPSA) is 20.3 Å². The summed E-state index contributed by atoms with van der Waals surface area (Å²) < 4.78 is 1.22. The van der Waals surface area contributed by atoms with E-state index in [9.17, 15) is 4.79 Å². The first-order chi connectivity index (χ1) is 10.8. The zero-order chi connectivity index (χ0) is 15.2.